The maximum atomic E-state index is 13.5. The number of methoxy groups -OCH3 is 1. The predicted octanol–water partition coefficient (Wildman–Crippen LogP) is 6.30. The van der Waals surface area contributed by atoms with Gasteiger partial charge in [0.15, 0.2) is 0 Å². The zero-order chi connectivity index (χ0) is 24.7. The zero-order valence-corrected chi connectivity index (χ0v) is 22.2. The first-order valence-electron chi connectivity index (χ1n) is 12.1. The third kappa shape index (κ3) is 5.08. The number of carbonyl (C=O) groups excluding carboxylic acids is 1. The van der Waals surface area contributed by atoms with E-state index < -0.39 is 5.60 Å². The van der Waals surface area contributed by atoms with Gasteiger partial charge in [-0.05, 0) is 70.4 Å². The number of para-hydroxylation sites is 2. The molecule has 0 bridgehead atoms. The number of benzene rings is 2. The van der Waals surface area contributed by atoms with Crippen molar-refractivity contribution in [3.8, 4) is 5.75 Å². The van der Waals surface area contributed by atoms with Gasteiger partial charge in [-0.25, -0.2) is 14.8 Å². The number of aromatic nitrogens is 2. The molecular weight excluding hydrogens is 508 g/mol. The average molecular weight is 539 g/mol. The molecule has 8 heteroatoms. The minimum atomic E-state index is -0.607. The summed E-state index contributed by atoms with van der Waals surface area (Å²) in [5.74, 6) is 2.95. The third-order valence-electron chi connectivity index (χ3n) is 6.36. The fourth-order valence-corrected chi connectivity index (χ4v) is 4.96. The molecule has 1 aliphatic heterocycles. The molecule has 0 spiro atoms. The van der Waals surface area contributed by atoms with Crippen LogP contribution < -0.4 is 14.5 Å². The normalized spacial score (nSPS) is 18.1. The van der Waals surface area contributed by atoms with Crippen LogP contribution in [-0.2, 0) is 4.74 Å². The molecule has 2 aliphatic rings. The van der Waals surface area contributed by atoms with Crippen molar-refractivity contribution in [2.75, 3.05) is 30.0 Å². The number of halogens is 1. The summed E-state index contributed by atoms with van der Waals surface area (Å²) in [6.45, 7) is 7.07. The molecule has 0 radical (unpaired) electrons. The van der Waals surface area contributed by atoms with Gasteiger partial charge < -0.3 is 14.4 Å². The van der Waals surface area contributed by atoms with Crippen LogP contribution in [0.25, 0.3) is 10.9 Å². The summed E-state index contributed by atoms with van der Waals surface area (Å²) in [6, 6.07) is 13.7. The first-order valence-corrected chi connectivity index (χ1v) is 12.9. The van der Waals surface area contributed by atoms with Gasteiger partial charge in [-0.2, -0.15) is 0 Å². The van der Waals surface area contributed by atoms with Gasteiger partial charge >= 0.3 is 6.09 Å². The number of anilines is 2. The van der Waals surface area contributed by atoms with Gasteiger partial charge in [-0.1, -0.05) is 28.1 Å². The second-order valence-electron chi connectivity index (χ2n) is 10.3. The molecule has 0 N–H and O–H groups in total. The Morgan fingerprint density at radius 2 is 1.89 bits per heavy atom. The number of carbonyl (C=O) groups is 1. The molecule has 1 aliphatic carbocycles. The lowest BCUT2D eigenvalue weighted by molar-refractivity contribution is 0.0567. The highest BCUT2D eigenvalue weighted by Crippen LogP contribution is 2.41. The molecule has 1 atom stereocenters. The smallest absolute Gasteiger partial charge is 0.415 e. The minimum absolute atomic E-state index is 0.0947. The van der Waals surface area contributed by atoms with Crippen LogP contribution in [0.15, 0.2) is 46.9 Å². The molecule has 7 nitrogen and oxygen atoms in total. The van der Waals surface area contributed by atoms with E-state index >= 15 is 0 Å². The van der Waals surface area contributed by atoms with Crippen LogP contribution in [-0.4, -0.2) is 47.9 Å². The van der Waals surface area contributed by atoms with Crippen molar-refractivity contribution in [2.45, 2.75) is 57.6 Å². The summed E-state index contributed by atoms with van der Waals surface area (Å²) in [5.41, 5.74) is 1.06. The molecular formula is C27H31BrN4O3. The fraction of sp³-hybridized carbons (Fsp3) is 0.444. The summed E-state index contributed by atoms with van der Waals surface area (Å²) >= 11 is 3.61. The van der Waals surface area contributed by atoms with E-state index in [0.29, 0.717) is 23.9 Å². The highest BCUT2D eigenvalue weighted by atomic mass is 79.9. The molecule has 35 heavy (non-hydrogen) atoms. The van der Waals surface area contributed by atoms with E-state index in [4.69, 9.17) is 19.4 Å². The number of rotatable bonds is 5. The molecule has 2 aromatic carbocycles. The third-order valence-corrected chi connectivity index (χ3v) is 6.85. The maximum Gasteiger partial charge on any atom is 0.415 e. The van der Waals surface area contributed by atoms with Gasteiger partial charge in [-0.15, -0.1) is 0 Å². The Morgan fingerprint density at radius 3 is 2.60 bits per heavy atom. The standard InChI is InChI=1S/C27H31BrN4O3/c1-27(2,3)35-26(33)32(22-7-5-6-8-23(22)34-4)19-13-14-31(16-19)25-20-15-18(28)11-12-21(20)29-24(30-25)17-9-10-17/h5-8,11-12,15,17,19H,9-10,13-14,16H2,1-4H3/t19-/m1/s1. The lowest BCUT2D eigenvalue weighted by atomic mass is 10.1. The molecule has 184 valence electrons. The van der Waals surface area contributed by atoms with Crippen molar-refractivity contribution in [3.63, 3.8) is 0 Å². The van der Waals surface area contributed by atoms with Crippen molar-refractivity contribution in [1.29, 1.82) is 0 Å². The van der Waals surface area contributed by atoms with E-state index in [1.54, 1.807) is 12.0 Å². The van der Waals surface area contributed by atoms with Crippen LogP contribution in [0.4, 0.5) is 16.3 Å². The molecule has 5 rings (SSSR count). The number of ether oxygens (including phenoxy) is 2. The van der Waals surface area contributed by atoms with Crippen LogP contribution in [0.2, 0.25) is 0 Å². The Bertz CT molecular complexity index is 1250. The minimum Gasteiger partial charge on any atom is -0.495 e. The van der Waals surface area contributed by atoms with E-state index in [1.165, 1.54) is 0 Å². The van der Waals surface area contributed by atoms with Gasteiger partial charge in [0.1, 0.15) is 23.0 Å². The van der Waals surface area contributed by atoms with Crippen LogP contribution >= 0.6 is 15.9 Å². The summed E-state index contributed by atoms with van der Waals surface area (Å²) in [4.78, 5) is 27.4. The highest BCUT2D eigenvalue weighted by Gasteiger charge is 2.37. The van der Waals surface area contributed by atoms with Gasteiger partial charge in [0, 0.05) is 28.9 Å². The second-order valence-corrected chi connectivity index (χ2v) is 11.2. The molecule has 0 unspecified atom stereocenters. The van der Waals surface area contributed by atoms with Crippen LogP contribution in [0.5, 0.6) is 5.75 Å². The van der Waals surface area contributed by atoms with E-state index in [0.717, 1.165) is 52.8 Å². The molecule has 1 aromatic heterocycles. The lowest BCUT2D eigenvalue weighted by Crippen LogP contribution is -2.45. The van der Waals surface area contributed by atoms with E-state index in [1.807, 2.05) is 57.2 Å². The van der Waals surface area contributed by atoms with Crippen LogP contribution in [0.1, 0.15) is 51.8 Å². The Kier molecular flexibility index (Phi) is 6.34. The Balaban J connectivity index is 1.51. The van der Waals surface area contributed by atoms with E-state index in [-0.39, 0.29) is 12.1 Å². The first-order chi connectivity index (χ1) is 16.7. The monoisotopic (exact) mass is 538 g/mol. The molecule has 2 heterocycles. The number of fused-ring (bicyclic) bond motifs is 1. The Hall–Kier alpha value is -2.87. The SMILES string of the molecule is COc1ccccc1N(C(=O)OC(C)(C)C)[C@@H]1CCN(c2nc(C3CC3)nc3ccc(Br)cc23)C1. The number of nitrogens with zero attached hydrogens (tertiary/aromatic N) is 4. The number of amides is 1. The van der Waals surface area contributed by atoms with Gasteiger partial charge in [0.2, 0.25) is 0 Å². The van der Waals surface area contributed by atoms with Crippen LogP contribution in [0, 0.1) is 0 Å². The van der Waals surface area contributed by atoms with Gasteiger partial charge in [0.25, 0.3) is 0 Å². The topological polar surface area (TPSA) is 67.8 Å². The predicted molar refractivity (Wildman–Crippen MR) is 142 cm³/mol. The second kappa shape index (κ2) is 9.30. The Morgan fingerprint density at radius 1 is 1.11 bits per heavy atom. The van der Waals surface area contributed by atoms with Crippen molar-refractivity contribution in [1.82, 2.24) is 9.97 Å². The molecule has 1 saturated carbocycles. The summed E-state index contributed by atoms with van der Waals surface area (Å²) in [6.07, 6.45) is 2.70. The average Bonchev–Trinajstić information content (AvgIpc) is 3.56. The van der Waals surface area contributed by atoms with Crippen molar-refractivity contribution in [2.24, 2.45) is 0 Å². The molecule has 1 amide bonds. The molecule has 3 aromatic rings. The molecule has 2 fully saturated rings. The van der Waals surface area contributed by atoms with Gasteiger partial charge in [-0.3, -0.25) is 4.90 Å². The summed E-state index contributed by atoms with van der Waals surface area (Å²) < 4.78 is 12.4. The van der Waals surface area contributed by atoms with Crippen molar-refractivity contribution < 1.29 is 14.3 Å². The van der Waals surface area contributed by atoms with Crippen molar-refractivity contribution >= 4 is 44.4 Å². The number of hydrogen-bond donors (Lipinski definition) is 0. The van der Waals surface area contributed by atoms with Crippen molar-refractivity contribution in [3.05, 3.63) is 52.8 Å². The lowest BCUT2D eigenvalue weighted by Gasteiger charge is -2.32. The maximum absolute atomic E-state index is 13.5. The quantitative estimate of drug-likeness (QED) is 0.379. The van der Waals surface area contributed by atoms with Gasteiger partial charge in [0.05, 0.1) is 24.4 Å². The zero-order valence-electron chi connectivity index (χ0n) is 20.6. The Labute approximate surface area is 214 Å². The summed E-state index contributed by atoms with van der Waals surface area (Å²) in [7, 11) is 1.62. The summed E-state index contributed by atoms with van der Waals surface area (Å²) in [5, 5.41) is 1.02. The van der Waals surface area contributed by atoms with Crippen LogP contribution in [0.3, 0.4) is 0 Å². The first kappa shape index (κ1) is 23.9. The highest BCUT2D eigenvalue weighted by molar-refractivity contribution is 9.10. The van der Waals surface area contributed by atoms with E-state index in [2.05, 4.69) is 26.9 Å². The van der Waals surface area contributed by atoms with E-state index in [9.17, 15) is 4.79 Å². The fourth-order valence-electron chi connectivity index (χ4n) is 4.60. The number of hydrogen-bond acceptors (Lipinski definition) is 6. The molecule has 1 saturated heterocycles. The largest absolute Gasteiger partial charge is 0.495 e.